The minimum Gasteiger partial charge on any atom is -0.375 e. The van der Waals surface area contributed by atoms with Gasteiger partial charge in [-0.15, -0.1) is 0 Å². The number of nitrogens with one attached hydrogen (secondary N) is 1. The highest BCUT2D eigenvalue weighted by Crippen LogP contribution is 2.41. The third kappa shape index (κ3) is 4.73. The van der Waals surface area contributed by atoms with Gasteiger partial charge in [0.05, 0.1) is 5.60 Å². The van der Waals surface area contributed by atoms with Crippen molar-refractivity contribution >= 4 is 0 Å². The molecular weight excluding hydrogens is 246 g/mol. The predicted octanol–water partition coefficient (Wildman–Crippen LogP) is 4.67. The summed E-state index contributed by atoms with van der Waals surface area (Å²) in [4.78, 5) is 0. The molecule has 1 N–H and O–H groups in total. The minimum atomic E-state index is 0.291. The Labute approximate surface area is 126 Å². The maximum Gasteiger partial charge on any atom is 0.0685 e. The zero-order valence-corrected chi connectivity index (χ0v) is 13.8. The lowest BCUT2D eigenvalue weighted by Crippen LogP contribution is -2.41. The van der Waals surface area contributed by atoms with E-state index in [1.54, 1.807) is 0 Å². The molecule has 2 unspecified atom stereocenters. The topological polar surface area (TPSA) is 21.3 Å². The third-order valence-electron chi connectivity index (χ3n) is 5.46. The van der Waals surface area contributed by atoms with Gasteiger partial charge in [0.15, 0.2) is 0 Å². The predicted molar refractivity (Wildman–Crippen MR) is 86.1 cm³/mol. The van der Waals surface area contributed by atoms with E-state index in [1.807, 2.05) is 0 Å². The van der Waals surface area contributed by atoms with Crippen LogP contribution >= 0.6 is 0 Å². The van der Waals surface area contributed by atoms with Crippen molar-refractivity contribution in [3.63, 3.8) is 0 Å². The lowest BCUT2D eigenvalue weighted by molar-refractivity contribution is -0.118. The highest BCUT2D eigenvalue weighted by molar-refractivity contribution is 4.89. The standard InChI is InChI=1S/C18H35NO/c1-3-13-19-17(4-2)9-8-16-10-14-20-18(15-16)11-6-5-7-12-18/h16-17,19H,3-15H2,1-2H3. The van der Waals surface area contributed by atoms with Crippen LogP contribution in [0.4, 0.5) is 0 Å². The van der Waals surface area contributed by atoms with E-state index >= 15 is 0 Å². The summed E-state index contributed by atoms with van der Waals surface area (Å²) >= 11 is 0. The van der Waals surface area contributed by atoms with Gasteiger partial charge in [-0.05, 0) is 63.8 Å². The molecule has 0 amide bonds. The van der Waals surface area contributed by atoms with E-state index in [0.717, 1.165) is 18.6 Å². The highest BCUT2D eigenvalue weighted by Gasteiger charge is 2.38. The zero-order chi connectivity index (χ0) is 14.3. The molecule has 0 bridgehead atoms. The van der Waals surface area contributed by atoms with E-state index in [9.17, 15) is 0 Å². The van der Waals surface area contributed by atoms with Crippen LogP contribution in [0.15, 0.2) is 0 Å². The molecule has 2 rings (SSSR count). The molecule has 2 fully saturated rings. The molecule has 2 nitrogen and oxygen atoms in total. The number of hydrogen-bond acceptors (Lipinski definition) is 2. The summed E-state index contributed by atoms with van der Waals surface area (Å²) in [7, 11) is 0. The Balaban J connectivity index is 1.74. The zero-order valence-electron chi connectivity index (χ0n) is 13.8. The van der Waals surface area contributed by atoms with Gasteiger partial charge in [-0.1, -0.05) is 33.1 Å². The van der Waals surface area contributed by atoms with Gasteiger partial charge in [-0.25, -0.2) is 0 Å². The monoisotopic (exact) mass is 281 g/mol. The Morgan fingerprint density at radius 3 is 2.70 bits per heavy atom. The fourth-order valence-corrected chi connectivity index (χ4v) is 4.16. The van der Waals surface area contributed by atoms with Crippen LogP contribution in [-0.2, 0) is 4.74 Å². The van der Waals surface area contributed by atoms with Crippen LogP contribution in [-0.4, -0.2) is 24.8 Å². The number of hydrogen-bond donors (Lipinski definition) is 1. The average Bonchev–Trinajstić information content (AvgIpc) is 2.48. The van der Waals surface area contributed by atoms with Crippen LogP contribution < -0.4 is 5.32 Å². The first-order valence-electron chi connectivity index (χ1n) is 9.15. The van der Waals surface area contributed by atoms with Crippen molar-refractivity contribution in [2.75, 3.05) is 13.2 Å². The molecule has 1 aliphatic heterocycles. The molecule has 2 heteroatoms. The second-order valence-electron chi connectivity index (χ2n) is 7.09. The molecule has 1 saturated carbocycles. The van der Waals surface area contributed by atoms with E-state index in [4.69, 9.17) is 4.74 Å². The van der Waals surface area contributed by atoms with Crippen LogP contribution in [0.3, 0.4) is 0 Å². The number of rotatable bonds is 7. The van der Waals surface area contributed by atoms with Gasteiger partial charge in [0, 0.05) is 12.6 Å². The van der Waals surface area contributed by atoms with Gasteiger partial charge in [-0.2, -0.15) is 0 Å². The quantitative estimate of drug-likeness (QED) is 0.732. The molecule has 0 aromatic carbocycles. The molecule has 0 radical (unpaired) electrons. The number of ether oxygens (including phenoxy) is 1. The summed E-state index contributed by atoms with van der Waals surface area (Å²) in [6.45, 7) is 6.77. The van der Waals surface area contributed by atoms with Crippen molar-refractivity contribution < 1.29 is 4.74 Å². The van der Waals surface area contributed by atoms with E-state index in [2.05, 4.69) is 19.2 Å². The molecule has 20 heavy (non-hydrogen) atoms. The molecule has 0 aromatic rings. The Bertz CT molecular complexity index is 255. The first-order chi connectivity index (χ1) is 9.78. The van der Waals surface area contributed by atoms with E-state index in [0.29, 0.717) is 5.60 Å². The normalized spacial score (nSPS) is 27.6. The lowest BCUT2D eigenvalue weighted by atomic mass is 9.75. The lowest BCUT2D eigenvalue weighted by Gasteiger charge is -2.44. The van der Waals surface area contributed by atoms with Crippen molar-refractivity contribution in [3.8, 4) is 0 Å². The molecular formula is C18H35NO. The van der Waals surface area contributed by atoms with Crippen molar-refractivity contribution in [2.45, 2.75) is 96.1 Å². The van der Waals surface area contributed by atoms with Crippen LogP contribution in [0.2, 0.25) is 0 Å². The smallest absolute Gasteiger partial charge is 0.0685 e. The SMILES string of the molecule is CCCNC(CC)CCC1CCOC2(CCCCC2)C1. The highest BCUT2D eigenvalue weighted by atomic mass is 16.5. The largest absolute Gasteiger partial charge is 0.375 e. The Kier molecular flexibility index (Phi) is 6.83. The van der Waals surface area contributed by atoms with Gasteiger partial charge >= 0.3 is 0 Å². The molecule has 1 heterocycles. The Morgan fingerprint density at radius 1 is 1.20 bits per heavy atom. The van der Waals surface area contributed by atoms with E-state index < -0.39 is 0 Å². The van der Waals surface area contributed by atoms with Gasteiger partial charge < -0.3 is 10.1 Å². The molecule has 2 aliphatic rings. The molecule has 118 valence electrons. The average molecular weight is 281 g/mol. The van der Waals surface area contributed by atoms with Crippen LogP contribution in [0, 0.1) is 5.92 Å². The molecule has 1 spiro atoms. The minimum absolute atomic E-state index is 0.291. The fourth-order valence-electron chi connectivity index (χ4n) is 4.16. The van der Waals surface area contributed by atoms with Crippen LogP contribution in [0.5, 0.6) is 0 Å². The van der Waals surface area contributed by atoms with Crippen molar-refractivity contribution in [3.05, 3.63) is 0 Å². The van der Waals surface area contributed by atoms with Crippen molar-refractivity contribution in [2.24, 2.45) is 5.92 Å². The van der Waals surface area contributed by atoms with Crippen molar-refractivity contribution in [1.82, 2.24) is 5.32 Å². The summed E-state index contributed by atoms with van der Waals surface area (Å²) < 4.78 is 6.22. The Hall–Kier alpha value is -0.0800. The van der Waals surface area contributed by atoms with Gasteiger partial charge in [-0.3, -0.25) is 0 Å². The molecule has 1 aliphatic carbocycles. The summed E-state index contributed by atoms with van der Waals surface area (Å²) in [5.74, 6) is 0.916. The van der Waals surface area contributed by atoms with Gasteiger partial charge in [0.2, 0.25) is 0 Å². The first kappa shape index (κ1) is 16.3. The fraction of sp³-hybridized carbons (Fsp3) is 1.00. The summed E-state index contributed by atoms with van der Waals surface area (Å²) in [5, 5.41) is 3.70. The molecule has 1 saturated heterocycles. The second-order valence-corrected chi connectivity index (χ2v) is 7.09. The molecule has 0 aromatic heterocycles. The Morgan fingerprint density at radius 2 is 2.00 bits per heavy atom. The van der Waals surface area contributed by atoms with E-state index in [1.165, 1.54) is 77.2 Å². The summed E-state index contributed by atoms with van der Waals surface area (Å²) in [5.41, 5.74) is 0.291. The van der Waals surface area contributed by atoms with E-state index in [-0.39, 0.29) is 0 Å². The summed E-state index contributed by atoms with van der Waals surface area (Å²) in [6, 6.07) is 0.736. The third-order valence-corrected chi connectivity index (χ3v) is 5.46. The first-order valence-corrected chi connectivity index (χ1v) is 9.15. The second kappa shape index (κ2) is 8.38. The van der Waals surface area contributed by atoms with Crippen molar-refractivity contribution in [1.29, 1.82) is 0 Å². The summed E-state index contributed by atoms with van der Waals surface area (Å²) in [6.07, 6.45) is 14.8. The maximum absolute atomic E-state index is 6.22. The maximum atomic E-state index is 6.22. The van der Waals surface area contributed by atoms with Crippen LogP contribution in [0.25, 0.3) is 0 Å². The van der Waals surface area contributed by atoms with Gasteiger partial charge in [0.1, 0.15) is 0 Å². The van der Waals surface area contributed by atoms with Crippen LogP contribution in [0.1, 0.15) is 84.5 Å². The molecule has 2 atom stereocenters. The van der Waals surface area contributed by atoms with Gasteiger partial charge in [0.25, 0.3) is 0 Å².